The lowest BCUT2D eigenvalue weighted by Crippen LogP contribution is -2.40. The van der Waals surface area contributed by atoms with E-state index in [-0.39, 0.29) is 30.7 Å². The number of hydrogen-bond acceptors (Lipinski definition) is 3. The highest BCUT2D eigenvalue weighted by Crippen LogP contribution is 2.24. The Morgan fingerprint density at radius 2 is 2.04 bits per heavy atom. The Kier molecular flexibility index (Phi) is 6.56. The van der Waals surface area contributed by atoms with E-state index in [9.17, 15) is 9.59 Å². The highest BCUT2D eigenvalue weighted by Gasteiger charge is 2.22. The molecule has 5 nitrogen and oxygen atoms in total. The molecular weight excluding hydrogens is 364 g/mol. The van der Waals surface area contributed by atoms with Crippen molar-refractivity contribution in [2.75, 3.05) is 6.61 Å². The second-order valence-corrected chi connectivity index (χ2v) is 7.53. The zero-order chi connectivity index (χ0) is 19.2. The molecule has 0 saturated heterocycles. The van der Waals surface area contributed by atoms with Crippen LogP contribution in [0.4, 0.5) is 0 Å². The Balaban J connectivity index is 1.67. The number of halogens is 1. The van der Waals surface area contributed by atoms with Crippen LogP contribution in [0.3, 0.4) is 0 Å². The maximum Gasteiger partial charge on any atom is 0.268 e. The van der Waals surface area contributed by atoms with E-state index in [0.717, 1.165) is 19.3 Å². The van der Waals surface area contributed by atoms with E-state index < -0.39 is 0 Å². The lowest BCUT2D eigenvalue weighted by atomic mass is 9.87. The number of aromatic nitrogens is 1. The van der Waals surface area contributed by atoms with Crippen LogP contribution in [0.1, 0.15) is 43.1 Å². The average Bonchev–Trinajstić information content (AvgIpc) is 2.64. The summed E-state index contributed by atoms with van der Waals surface area (Å²) in [4.78, 5) is 25.0. The quantitative estimate of drug-likeness (QED) is 0.816. The van der Waals surface area contributed by atoms with E-state index in [1.165, 1.54) is 17.1 Å². The molecule has 1 aromatic carbocycles. The summed E-state index contributed by atoms with van der Waals surface area (Å²) in [7, 11) is 0. The summed E-state index contributed by atoms with van der Waals surface area (Å²) < 4.78 is 7.13. The summed E-state index contributed by atoms with van der Waals surface area (Å²) in [5.41, 5.74) is 0.144. The van der Waals surface area contributed by atoms with Gasteiger partial charge >= 0.3 is 0 Å². The van der Waals surface area contributed by atoms with Crippen LogP contribution in [-0.4, -0.2) is 23.1 Å². The third kappa shape index (κ3) is 5.13. The van der Waals surface area contributed by atoms with Crippen molar-refractivity contribution in [1.29, 1.82) is 0 Å². The number of benzene rings is 1. The molecule has 144 valence electrons. The summed E-state index contributed by atoms with van der Waals surface area (Å²) in [5.74, 6) is 0.973. The number of amides is 1. The summed E-state index contributed by atoms with van der Waals surface area (Å²) in [6.07, 6.45) is 4.31. The second kappa shape index (κ2) is 9.09. The lowest BCUT2D eigenvalue weighted by molar-refractivity contribution is 0.0909. The first-order valence-electron chi connectivity index (χ1n) is 9.42. The van der Waals surface area contributed by atoms with Gasteiger partial charge in [-0.15, -0.1) is 0 Å². The predicted molar refractivity (Wildman–Crippen MR) is 107 cm³/mol. The van der Waals surface area contributed by atoms with Crippen molar-refractivity contribution in [1.82, 2.24) is 9.88 Å². The van der Waals surface area contributed by atoms with Crippen molar-refractivity contribution >= 4 is 17.5 Å². The first-order valence-corrected chi connectivity index (χ1v) is 9.80. The van der Waals surface area contributed by atoms with Crippen LogP contribution in [0, 0.1) is 5.92 Å². The minimum absolute atomic E-state index is 0.171. The first kappa shape index (κ1) is 19.5. The molecule has 0 bridgehead atoms. The van der Waals surface area contributed by atoms with E-state index in [2.05, 4.69) is 12.2 Å². The average molecular weight is 389 g/mol. The lowest BCUT2D eigenvalue weighted by Gasteiger charge is -2.27. The topological polar surface area (TPSA) is 60.3 Å². The van der Waals surface area contributed by atoms with Gasteiger partial charge in [0.2, 0.25) is 0 Å². The standard InChI is InChI=1S/C21H25ClN2O3/c1-15-6-4-7-16(14-15)23-21(26)18-9-5-11-20(25)24(18)12-13-27-19-10-3-2-8-17(19)22/h2-3,5,8-11,15-16H,4,6-7,12-14H2,1H3,(H,23,26)/t15-,16-/m0/s1. The third-order valence-corrected chi connectivity index (χ3v) is 5.28. The minimum Gasteiger partial charge on any atom is -0.490 e. The minimum atomic E-state index is -0.220. The number of nitrogens with zero attached hydrogens (tertiary/aromatic N) is 1. The molecule has 1 N–H and O–H groups in total. The molecule has 1 amide bonds. The molecule has 1 saturated carbocycles. The number of ether oxygens (including phenoxy) is 1. The molecule has 1 aliphatic rings. The van der Waals surface area contributed by atoms with Gasteiger partial charge in [-0.2, -0.15) is 0 Å². The molecule has 2 aromatic rings. The van der Waals surface area contributed by atoms with Crippen LogP contribution in [-0.2, 0) is 6.54 Å². The van der Waals surface area contributed by atoms with Crippen LogP contribution in [0.15, 0.2) is 47.3 Å². The van der Waals surface area contributed by atoms with Crippen molar-refractivity contribution in [3.63, 3.8) is 0 Å². The van der Waals surface area contributed by atoms with Gasteiger partial charge < -0.3 is 14.6 Å². The van der Waals surface area contributed by atoms with E-state index in [4.69, 9.17) is 16.3 Å². The zero-order valence-corrected chi connectivity index (χ0v) is 16.2. The molecule has 1 aromatic heterocycles. The fourth-order valence-electron chi connectivity index (χ4n) is 3.58. The number of nitrogens with one attached hydrogen (secondary N) is 1. The maximum absolute atomic E-state index is 12.7. The molecule has 0 aliphatic heterocycles. The largest absolute Gasteiger partial charge is 0.490 e. The van der Waals surface area contributed by atoms with Gasteiger partial charge in [0, 0.05) is 12.1 Å². The van der Waals surface area contributed by atoms with Crippen LogP contribution in [0.5, 0.6) is 5.75 Å². The molecule has 0 radical (unpaired) electrons. The molecule has 3 rings (SSSR count). The number of hydrogen-bond donors (Lipinski definition) is 1. The van der Waals surface area contributed by atoms with E-state index in [0.29, 0.717) is 22.4 Å². The summed E-state index contributed by atoms with van der Waals surface area (Å²) in [5, 5.41) is 3.61. The van der Waals surface area contributed by atoms with Crippen molar-refractivity contribution in [2.45, 2.75) is 45.2 Å². The van der Waals surface area contributed by atoms with Gasteiger partial charge in [0.05, 0.1) is 11.6 Å². The number of rotatable bonds is 6. The molecule has 2 atom stereocenters. The van der Waals surface area contributed by atoms with Crippen LogP contribution >= 0.6 is 11.6 Å². The Morgan fingerprint density at radius 3 is 2.81 bits per heavy atom. The Labute approximate surface area is 164 Å². The van der Waals surface area contributed by atoms with Gasteiger partial charge in [-0.1, -0.05) is 49.6 Å². The fraction of sp³-hybridized carbons (Fsp3) is 0.429. The number of pyridine rings is 1. The molecule has 1 fully saturated rings. The smallest absolute Gasteiger partial charge is 0.268 e. The second-order valence-electron chi connectivity index (χ2n) is 7.12. The number of carbonyl (C=O) groups is 1. The molecule has 6 heteroatoms. The Morgan fingerprint density at radius 1 is 1.22 bits per heavy atom. The van der Waals surface area contributed by atoms with Crippen LogP contribution < -0.4 is 15.6 Å². The summed E-state index contributed by atoms with van der Waals surface area (Å²) in [6.45, 7) is 2.73. The Hall–Kier alpha value is -2.27. The molecule has 0 unspecified atom stereocenters. The highest BCUT2D eigenvalue weighted by atomic mass is 35.5. The number of carbonyl (C=O) groups excluding carboxylic acids is 1. The highest BCUT2D eigenvalue weighted by molar-refractivity contribution is 6.32. The van der Waals surface area contributed by atoms with Crippen molar-refractivity contribution in [3.8, 4) is 5.75 Å². The monoisotopic (exact) mass is 388 g/mol. The first-order chi connectivity index (χ1) is 13.0. The van der Waals surface area contributed by atoms with Gasteiger partial charge in [-0.05, 0) is 37.0 Å². The number of para-hydroxylation sites is 1. The molecule has 27 heavy (non-hydrogen) atoms. The molecular formula is C21H25ClN2O3. The van der Waals surface area contributed by atoms with Gasteiger partial charge in [-0.25, -0.2) is 0 Å². The normalized spacial score (nSPS) is 19.5. The van der Waals surface area contributed by atoms with Crippen LogP contribution in [0.25, 0.3) is 0 Å². The third-order valence-electron chi connectivity index (χ3n) is 4.96. The molecule has 1 aliphatic carbocycles. The van der Waals surface area contributed by atoms with Gasteiger partial charge in [-0.3, -0.25) is 9.59 Å². The van der Waals surface area contributed by atoms with Gasteiger partial charge in [0.1, 0.15) is 18.1 Å². The fourth-order valence-corrected chi connectivity index (χ4v) is 3.77. The van der Waals surface area contributed by atoms with E-state index in [1.807, 2.05) is 12.1 Å². The van der Waals surface area contributed by atoms with E-state index >= 15 is 0 Å². The van der Waals surface area contributed by atoms with Gasteiger partial charge in [0.25, 0.3) is 11.5 Å². The van der Waals surface area contributed by atoms with Crippen molar-refractivity contribution in [2.24, 2.45) is 5.92 Å². The summed E-state index contributed by atoms with van der Waals surface area (Å²) >= 11 is 6.08. The van der Waals surface area contributed by atoms with Gasteiger partial charge in [0.15, 0.2) is 0 Å². The summed E-state index contributed by atoms with van der Waals surface area (Å²) in [6, 6.07) is 12.1. The Bertz CT molecular complexity index is 849. The SMILES string of the molecule is C[C@H]1CCC[C@H](NC(=O)c2cccc(=O)n2CCOc2ccccc2Cl)C1. The van der Waals surface area contributed by atoms with Crippen molar-refractivity contribution in [3.05, 3.63) is 63.5 Å². The predicted octanol–water partition coefficient (Wildman–Crippen LogP) is 3.89. The molecule has 1 heterocycles. The molecule has 0 spiro atoms. The van der Waals surface area contributed by atoms with Crippen molar-refractivity contribution < 1.29 is 9.53 Å². The van der Waals surface area contributed by atoms with E-state index in [1.54, 1.807) is 24.3 Å². The van der Waals surface area contributed by atoms with Crippen LogP contribution in [0.2, 0.25) is 5.02 Å². The maximum atomic E-state index is 12.7. The zero-order valence-electron chi connectivity index (χ0n) is 15.5.